The molecule has 3 heterocycles. The average molecular weight is 484 g/mol. The van der Waals surface area contributed by atoms with Gasteiger partial charge in [-0.2, -0.15) is 0 Å². The number of hydrogen-bond donors (Lipinski definition) is 0. The molecule has 1 saturated heterocycles. The Morgan fingerprint density at radius 2 is 1.94 bits per heavy atom. The largest absolute Gasteiger partial charge is 0.497 e. The topological polar surface area (TPSA) is 90.2 Å². The summed E-state index contributed by atoms with van der Waals surface area (Å²) >= 11 is 5.95. The first-order chi connectivity index (χ1) is 16.4. The van der Waals surface area contributed by atoms with Crippen molar-refractivity contribution in [3.63, 3.8) is 0 Å². The van der Waals surface area contributed by atoms with Crippen LogP contribution in [0.4, 0.5) is 0 Å². The molecule has 1 amide bonds. The van der Waals surface area contributed by atoms with Crippen molar-refractivity contribution in [3.05, 3.63) is 75.3 Å². The fourth-order valence-electron chi connectivity index (χ4n) is 4.26. The lowest BCUT2D eigenvalue weighted by molar-refractivity contribution is -0.151. The number of fused-ring (bicyclic) bond motifs is 1. The third-order valence-electron chi connectivity index (χ3n) is 5.98. The molecule has 8 nitrogen and oxygen atoms in total. The molecule has 0 unspecified atom stereocenters. The van der Waals surface area contributed by atoms with Gasteiger partial charge in [0.25, 0.3) is 5.56 Å². The van der Waals surface area contributed by atoms with Crippen LogP contribution >= 0.6 is 11.6 Å². The van der Waals surface area contributed by atoms with Gasteiger partial charge < -0.3 is 14.4 Å². The molecule has 178 valence electrons. The normalized spacial score (nSPS) is 17.9. The van der Waals surface area contributed by atoms with Crippen LogP contribution in [0.2, 0.25) is 5.02 Å². The van der Waals surface area contributed by atoms with Gasteiger partial charge in [0.1, 0.15) is 18.0 Å². The molecule has 0 bridgehead atoms. The lowest BCUT2D eigenvalue weighted by Gasteiger charge is -2.28. The predicted molar refractivity (Wildman–Crippen MR) is 127 cm³/mol. The quantitative estimate of drug-likeness (QED) is 0.453. The number of halogens is 1. The summed E-state index contributed by atoms with van der Waals surface area (Å²) in [6.07, 6.45) is 3.33. The van der Waals surface area contributed by atoms with Crippen molar-refractivity contribution in [3.8, 4) is 5.75 Å². The van der Waals surface area contributed by atoms with Gasteiger partial charge in [0.05, 0.1) is 29.8 Å². The molecule has 0 aliphatic carbocycles. The monoisotopic (exact) mass is 483 g/mol. The molecule has 2 aromatic heterocycles. The minimum atomic E-state index is -0.655. The van der Waals surface area contributed by atoms with Crippen LogP contribution in [0.15, 0.2) is 53.5 Å². The summed E-state index contributed by atoms with van der Waals surface area (Å²) in [5.74, 6) is -0.526. The Morgan fingerprint density at radius 3 is 2.65 bits per heavy atom. The predicted octanol–water partition coefficient (Wildman–Crippen LogP) is 3.79. The van der Waals surface area contributed by atoms with Crippen LogP contribution in [0, 0.1) is 5.92 Å². The number of aromatic nitrogens is 2. The third-order valence-corrected chi connectivity index (χ3v) is 6.21. The zero-order chi connectivity index (χ0) is 24.2. The maximum Gasteiger partial charge on any atom is 0.312 e. The molecule has 1 aliphatic rings. The van der Waals surface area contributed by atoms with Gasteiger partial charge in [0.2, 0.25) is 5.91 Å². The molecule has 3 aromatic rings. The zero-order valence-electron chi connectivity index (χ0n) is 19.1. The molecule has 1 aliphatic heterocycles. The summed E-state index contributed by atoms with van der Waals surface area (Å²) in [5, 5.41) is 0.415. The summed E-state index contributed by atoms with van der Waals surface area (Å²) in [7, 11) is 1.59. The molecule has 0 N–H and O–H groups in total. The van der Waals surface area contributed by atoms with E-state index >= 15 is 0 Å². The maximum absolute atomic E-state index is 13.1. The Kier molecular flexibility index (Phi) is 7.17. The van der Waals surface area contributed by atoms with E-state index in [1.165, 1.54) is 16.7 Å². The van der Waals surface area contributed by atoms with E-state index in [2.05, 4.69) is 11.9 Å². The molecule has 0 radical (unpaired) electrons. The van der Waals surface area contributed by atoms with Crippen molar-refractivity contribution < 1.29 is 19.1 Å². The highest BCUT2D eigenvalue weighted by molar-refractivity contribution is 6.30. The highest BCUT2D eigenvalue weighted by Crippen LogP contribution is 2.39. The molecule has 1 aromatic carbocycles. The van der Waals surface area contributed by atoms with Crippen LogP contribution in [-0.4, -0.2) is 39.8 Å². The van der Waals surface area contributed by atoms with Crippen LogP contribution < -0.4 is 10.3 Å². The van der Waals surface area contributed by atoms with Crippen molar-refractivity contribution in [1.82, 2.24) is 14.3 Å². The molecule has 0 spiro atoms. The maximum atomic E-state index is 13.1. The van der Waals surface area contributed by atoms with Crippen LogP contribution in [0.25, 0.3) is 5.65 Å². The summed E-state index contributed by atoms with van der Waals surface area (Å²) in [5.41, 5.74) is 1.26. The second-order valence-corrected chi connectivity index (χ2v) is 8.67. The summed E-state index contributed by atoms with van der Waals surface area (Å²) in [6, 6.07) is 11.5. The van der Waals surface area contributed by atoms with Gasteiger partial charge in [0, 0.05) is 25.2 Å². The van der Waals surface area contributed by atoms with Crippen molar-refractivity contribution in [2.75, 3.05) is 13.7 Å². The number of carbonyl (C=O) groups is 2. The average Bonchev–Trinajstić information content (AvgIpc) is 3.17. The Hall–Kier alpha value is -3.39. The van der Waals surface area contributed by atoms with E-state index in [0.717, 1.165) is 18.4 Å². The summed E-state index contributed by atoms with van der Waals surface area (Å²) < 4.78 is 12.1. The second kappa shape index (κ2) is 10.3. The molecule has 0 saturated carbocycles. The minimum Gasteiger partial charge on any atom is -0.497 e. The van der Waals surface area contributed by atoms with Crippen LogP contribution in [0.1, 0.15) is 43.5 Å². The Bertz CT molecular complexity index is 1260. The van der Waals surface area contributed by atoms with Crippen LogP contribution in [-0.2, 0) is 20.9 Å². The van der Waals surface area contributed by atoms with E-state index in [4.69, 9.17) is 21.1 Å². The number of esters is 1. The molecule has 4 rings (SSSR count). The number of pyridine rings is 1. The molecular formula is C25H26ClN3O5. The van der Waals surface area contributed by atoms with Crippen LogP contribution in [0.3, 0.4) is 0 Å². The van der Waals surface area contributed by atoms with Gasteiger partial charge >= 0.3 is 5.97 Å². The number of hydrogen-bond acceptors (Lipinski definition) is 6. The highest BCUT2D eigenvalue weighted by Gasteiger charge is 2.45. The number of unbranched alkanes of at least 4 members (excludes halogenated alkanes) is 1. The molecule has 1 fully saturated rings. The van der Waals surface area contributed by atoms with Gasteiger partial charge in [-0.3, -0.25) is 18.8 Å². The molecule has 9 heteroatoms. The van der Waals surface area contributed by atoms with Crippen molar-refractivity contribution >= 4 is 29.1 Å². The summed E-state index contributed by atoms with van der Waals surface area (Å²) in [6.45, 7) is 2.46. The van der Waals surface area contributed by atoms with Gasteiger partial charge in [-0.25, -0.2) is 4.98 Å². The first-order valence-corrected chi connectivity index (χ1v) is 11.6. The Balaban J connectivity index is 1.55. The standard InChI is InChI=1S/C25H26ClN3O5/c1-3-4-11-28-23(31)13-20(24(28)16-5-8-19(33-2)9-6-16)25(32)34-15-18-12-22(30)29-14-17(26)7-10-21(29)27-18/h5-10,12,14,20,24H,3-4,11,13,15H2,1-2H3/t20-,24+/m0/s1. The van der Waals surface area contributed by atoms with E-state index in [1.807, 2.05) is 24.3 Å². The number of likely N-dealkylation sites (tertiary alicyclic amines) is 1. The molecule has 2 atom stereocenters. The molecule has 34 heavy (non-hydrogen) atoms. The Labute approximate surface area is 202 Å². The lowest BCUT2D eigenvalue weighted by atomic mass is 9.93. The smallest absolute Gasteiger partial charge is 0.312 e. The number of methoxy groups -OCH3 is 1. The third kappa shape index (κ3) is 4.92. The number of carbonyl (C=O) groups excluding carboxylic acids is 2. The second-order valence-electron chi connectivity index (χ2n) is 8.24. The van der Waals surface area contributed by atoms with E-state index < -0.39 is 17.9 Å². The minimum absolute atomic E-state index is 0.0739. The van der Waals surface area contributed by atoms with Crippen LogP contribution in [0.5, 0.6) is 5.75 Å². The van der Waals surface area contributed by atoms with E-state index in [-0.39, 0.29) is 24.5 Å². The highest BCUT2D eigenvalue weighted by atomic mass is 35.5. The number of amides is 1. The summed E-state index contributed by atoms with van der Waals surface area (Å²) in [4.78, 5) is 44.5. The number of rotatable bonds is 8. The number of nitrogens with zero attached hydrogens (tertiary/aromatic N) is 3. The van der Waals surface area contributed by atoms with Gasteiger partial charge in [-0.05, 0) is 36.2 Å². The first kappa shape index (κ1) is 23.8. The van der Waals surface area contributed by atoms with Gasteiger partial charge in [-0.1, -0.05) is 37.1 Å². The van der Waals surface area contributed by atoms with E-state index in [1.54, 1.807) is 24.1 Å². The van der Waals surface area contributed by atoms with Crippen molar-refractivity contribution in [1.29, 1.82) is 0 Å². The van der Waals surface area contributed by atoms with Gasteiger partial charge in [-0.15, -0.1) is 0 Å². The van der Waals surface area contributed by atoms with Crippen molar-refractivity contribution in [2.45, 2.75) is 38.8 Å². The number of ether oxygens (including phenoxy) is 2. The number of benzene rings is 1. The van der Waals surface area contributed by atoms with Crippen molar-refractivity contribution in [2.24, 2.45) is 5.92 Å². The zero-order valence-corrected chi connectivity index (χ0v) is 19.8. The SMILES string of the molecule is CCCCN1C(=O)C[C@H](C(=O)OCc2cc(=O)n3cc(Cl)ccc3n2)[C@H]1c1ccc(OC)cc1. The molecular weight excluding hydrogens is 458 g/mol. The lowest BCUT2D eigenvalue weighted by Crippen LogP contribution is -2.32. The van der Waals surface area contributed by atoms with E-state index in [0.29, 0.717) is 28.7 Å². The van der Waals surface area contributed by atoms with Gasteiger partial charge in [0.15, 0.2) is 0 Å². The van der Waals surface area contributed by atoms with E-state index in [9.17, 15) is 14.4 Å². The first-order valence-electron chi connectivity index (χ1n) is 11.2. The fraction of sp³-hybridized carbons (Fsp3) is 0.360. The Morgan fingerprint density at radius 1 is 1.18 bits per heavy atom. The fourth-order valence-corrected chi connectivity index (χ4v) is 4.42.